The van der Waals surface area contributed by atoms with Gasteiger partial charge in [-0.05, 0) is 83.8 Å². The Hall–Kier alpha value is -1.86. The topological polar surface area (TPSA) is 37.4 Å². The summed E-state index contributed by atoms with van der Waals surface area (Å²) in [4.78, 5) is 8.74. The molecule has 0 saturated carbocycles. The van der Waals surface area contributed by atoms with Gasteiger partial charge in [0.15, 0.2) is 0 Å². The Morgan fingerprint density at radius 3 is 2.69 bits per heavy atom. The smallest absolute Gasteiger partial charge is 0.119 e. The average Bonchev–Trinajstić information content (AvgIpc) is 3.20. The second-order valence-corrected chi connectivity index (χ2v) is 10.8. The van der Waals surface area contributed by atoms with E-state index in [2.05, 4.69) is 51.3 Å². The van der Waals surface area contributed by atoms with Crippen molar-refractivity contribution in [1.29, 1.82) is 0 Å². The van der Waals surface area contributed by atoms with Crippen LogP contribution < -0.4 is 10.1 Å². The molecular weight excluding hydrogens is 506 g/mol. The molecule has 0 amide bonds. The number of methoxy groups -OCH3 is 1. The molecule has 2 aromatic carbocycles. The van der Waals surface area contributed by atoms with Crippen LogP contribution in [-0.4, -0.2) is 36.6 Å². The number of benzene rings is 2. The van der Waals surface area contributed by atoms with Crippen LogP contribution in [0.5, 0.6) is 5.75 Å². The maximum atomic E-state index is 6.24. The average molecular weight is 533 g/mol. The maximum absolute atomic E-state index is 6.24. The van der Waals surface area contributed by atoms with Crippen LogP contribution in [0.1, 0.15) is 24.6 Å². The number of thiophene rings is 1. The predicted molar refractivity (Wildman–Crippen MR) is 142 cm³/mol. The van der Waals surface area contributed by atoms with E-state index in [-0.39, 0.29) is 0 Å². The second kappa shape index (κ2) is 10.8. The van der Waals surface area contributed by atoms with E-state index in [4.69, 9.17) is 21.3 Å². The van der Waals surface area contributed by atoms with E-state index < -0.39 is 0 Å². The lowest BCUT2D eigenvalue weighted by Crippen LogP contribution is -2.26. The number of fused-ring (bicyclic) bond motifs is 2. The number of ether oxygens (including phenoxy) is 1. The molecule has 2 heterocycles. The summed E-state index contributed by atoms with van der Waals surface area (Å²) in [5, 5.41) is 6.53. The standard InChI is InChI=1S/C25H27BrClN3OS/c1-3-12-30(16-19-7-10-24(26)32-19)13-4-11-28-25-20-8-5-17(27)14-23(20)29-22-9-6-18(31-2)15-21(22)25/h5-10,14-15H,3-4,11-13,16H2,1-2H3,(H,28,29). The third-order valence-corrected chi connectivity index (χ3v) is 7.29. The monoisotopic (exact) mass is 531 g/mol. The maximum Gasteiger partial charge on any atom is 0.119 e. The van der Waals surface area contributed by atoms with Gasteiger partial charge in [0.25, 0.3) is 0 Å². The Morgan fingerprint density at radius 2 is 1.94 bits per heavy atom. The molecule has 2 aromatic heterocycles. The molecule has 0 bridgehead atoms. The molecule has 4 rings (SSSR count). The molecule has 0 aliphatic heterocycles. The first-order chi connectivity index (χ1) is 15.6. The van der Waals surface area contributed by atoms with Crippen molar-refractivity contribution in [2.45, 2.75) is 26.3 Å². The van der Waals surface area contributed by atoms with Crippen molar-refractivity contribution < 1.29 is 4.74 Å². The summed E-state index contributed by atoms with van der Waals surface area (Å²) >= 11 is 11.6. The van der Waals surface area contributed by atoms with Crippen LogP contribution in [0.4, 0.5) is 5.69 Å². The van der Waals surface area contributed by atoms with E-state index >= 15 is 0 Å². The first-order valence-corrected chi connectivity index (χ1v) is 12.8. The lowest BCUT2D eigenvalue weighted by Gasteiger charge is -2.21. The molecule has 0 atom stereocenters. The highest BCUT2D eigenvalue weighted by molar-refractivity contribution is 9.11. The van der Waals surface area contributed by atoms with E-state index in [1.54, 1.807) is 7.11 Å². The first kappa shape index (κ1) is 23.3. The molecule has 0 aliphatic carbocycles. The number of pyridine rings is 1. The second-order valence-electron chi connectivity index (χ2n) is 7.79. The summed E-state index contributed by atoms with van der Waals surface area (Å²) in [6.07, 6.45) is 2.20. The lowest BCUT2D eigenvalue weighted by molar-refractivity contribution is 0.267. The molecular formula is C25H27BrClN3OS. The number of hydrogen-bond donors (Lipinski definition) is 1. The summed E-state index contributed by atoms with van der Waals surface area (Å²) in [7, 11) is 1.69. The number of anilines is 1. The summed E-state index contributed by atoms with van der Waals surface area (Å²) < 4.78 is 6.66. The molecule has 32 heavy (non-hydrogen) atoms. The molecule has 7 heteroatoms. The predicted octanol–water partition coefficient (Wildman–Crippen LogP) is 7.59. The zero-order valence-corrected chi connectivity index (χ0v) is 21.5. The number of halogens is 2. The van der Waals surface area contributed by atoms with Gasteiger partial charge in [-0.1, -0.05) is 18.5 Å². The van der Waals surface area contributed by atoms with Crippen LogP contribution in [-0.2, 0) is 6.54 Å². The molecule has 4 aromatic rings. The number of nitrogens with zero attached hydrogens (tertiary/aromatic N) is 2. The van der Waals surface area contributed by atoms with Crippen LogP contribution in [0.3, 0.4) is 0 Å². The van der Waals surface area contributed by atoms with Gasteiger partial charge in [-0.15, -0.1) is 11.3 Å². The molecule has 0 fully saturated rings. The van der Waals surface area contributed by atoms with Crippen LogP contribution >= 0.6 is 38.9 Å². The lowest BCUT2D eigenvalue weighted by atomic mass is 10.1. The van der Waals surface area contributed by atoms with Gasteiger partial charge in [-0.2, -0.15) is 0 Å². The van der Waals surface area contributed by atoms with Crippen molar-refractivity contribution in [2.24, 2.45) is 0 Å². The highest BCUT2D eigenvalue weighted by Crippen LogP contribution is 2.34. The van der Waals surface area contributed by atoms with Gasteiger partial charge in [0.1, 0.15) is 5.75 Å². The summed E-state index contributed by atoms with van der Waals surface area (Å²) in [6.45, 7) is 6.27. The van der Waals surface area contributed by atoms with Crippen molar-refractivity contribution in [1.82, 2.24) is 9.88 Å². The summed E-state index contributed by atoms with van der Waals surface area (Å²) in [6, 6.07) is 16.2. The fourth-order valence-electron chi connectivity index (χ4n) is 3.97. The Labute approximate surface area is 206 Å². The van der Waals surface area contributed by atoms with Gasteiger partial charge in [0.05, 0.1) is 27.6 Å². The molecule has 0 unspecified atom stereocenters. The molecule has 168 valence electrons. The number of rotatable bonds is 10. The molecule has 0 radical (unpaired) electrons. The fourth-order valence-corrected chi connectivity index (χ4v) is 5.67. The van der Waals surface area contributed by atoms with Gasteiger partial charge >= 0.3 is 0 Å². The van der Waals surface area contributed by atoms with Crippen molar-refractivity contribution in [3.05, 3.63) is 62.2 Å². The Kier molecular flexibility index (Phi) is 7.89. The summed E-state index contributed by atoms with van der Waals surface area (Å²) in [5.41, 5.74) is 2.91. The molecule has 1 N–H and O–H groups in total. The van der Waals surface area contributed by atoms with E-state index in [1.807, 2.05) is 41.7 Å². The highest BCUT2D eigenvalue weighted by Gasteiger charge is 2.12. The molecule has 0 saturated heterocycles. The number of nitrogens with one attached hydrogen (secondary N) is 1. The van der Waals surface area contributed by atoms with Crippen LogP contribution in [0.25, 0.3) is 21.8 Å². The quantitative estimate of drug-likeness (QED) is 0.169. The van der Waals surface area contributed by atoms with E-state index in [1.165, 1.54) is 8.66 Å². The number of aromatic nitrogens is 1. The Bertz CT molecular complexity index is 1210. The van der Waals surface area contributed by atoms with Crippen molar-refractivity contribution in [2.75, 3.05) is 32.1 Å². The molecule has 0 spiro atoms. The minimum Gasteiger partial charge on any atom is -0.497 e. The summed E-state index contributed by atoms with van der Waals surface area (Å²) in [5.74, 6) is 0.826. The van der Waals surface area contributed by atoms with E-state index in [9.17, 15) is 0 Å². The third kappa shape index (κ3) is 5.54. The zero-order valence-electron chi connectivity index (χ0n) is 18.3. The normalized spacial score (nSPS) is 11.5. The van der Waals surface area contributed by atoms with Crippen LogP contribution in [0.2, 0.25) is 5.02 Å². The van der Waals surface area contributed by atoms with E-state index in [0.29, 0.717) is 5.02 Å². The van der Waals surface area contributed by atoms with Gasteiger partial charge in [0, 0.05) is 40.3 Å². The highest BCUT2D eigenvalue weighted by atomic mass is 79.9. The van der Waals surface area contributed by atoms with Crippen molar-refractivity contribution in [3.63, 3.8) is 0 Å². The Morgan fingerprint density at radius 1 is 1.06 bits per heavy atom. The van der Waals surface area contributed by atoms with Gasteiger partial charge < -0.3 is 10.1 Å². The van der Waals surface area contributed by atoms with Gasteiger partial charge in [0.2, 0.25) is 0 Å². The first-order valence-electron chi connectivity index (χ1n) is 10.8. The third-order valence-electron chi connectivity index (χ3n) is 5.44. The molecule has 0 aliphatic rings. The minimum atomic E-state index is 0.694. The van der Waals surface area contributed by atoms with Crippen LogP contribution in [0.15, 0.2) is 52.3 Å². The fraction of sp³-hybridized carbons (Fsp3) is 0.320. The van der Waals surface area contributed by atoms with Crippen molar-refractivity contribution >= 4 is 66.4 Å². The minimum absolute atomic E-state index is 0.694. The SMILES string of the molecule is CCCN(CCCNc1c2ccc(Cl)cc2nc2ccc(OC)cc12)Cc1ccc(Br)s1. The van der Waals surface area contributed by atoms with E-state index in [0.717, 1.165) is 72.3 Å². The zero-order chi connectivity index (χ0) is 22.5. The molecule has 4 nitrogen and oxygen atoms in total. The van der Waals surface area contributed by atoms with Gasteiger partial charge in [-0.3, -0.25) is 4.90 Å². The Balaban J connectivity index is 1.52. The number of hydrogen-bond acceptors (Lipinski definition) is 5. The van der Waals surface area contributed by atoms with Gasteiger partial charge in [-0.25, -0.2) is 4.98 Å². The largest absolute Gasteiger partial charge is 0.497 e. The van der Waals surface area contributed by atoms with Crippen molar-refractivity contribution in [3.8, 4) is 5.75 Å². The van der Waals surface area contributed by atoms with Crippen LogP contribution in [0, 0.1) is 0 Å².